The van der Waals surface area contributed by atoms with Crippen molar-refractivity contribution in [1.82, 2.24) is 4.90 Å². The molecule has 4 heteroatoms. The lowest BCUT2D eigenvalue weighted by Crippen LogP contribution is -2.45. The van der Waals surface area contributed by atoms with Crippen molar-refractivity contribution in [2.75, 3.05) is 32.8 Å². The number of likely N-dealkylation sites (tertiary alicyclic amines) is 1. The minimum atomic E-state index is -0.536. The fourth-order valence-electron chi connectivity index (χ4n) is 3.05. The van der Waals surface area contributed by atoms with Crippen LogP contribution in [0.2, 0.25) is 0 Å². The fraction of sp³-hybridized carbons (Fsp3) is 0.929. The highest BCUT2D eigenvalue weighted by molar-refractivity contribution is 5.60. The third-order valence-electron chi connectivity index (χ3n) is 4.30. The molecule has 0 aromatic heterocycles. The number of carbonyl (C=O) groups excluding carboxylic acids is 1. The second-order valence-corrected chi connectivity index (χ2v) is 6.26. The van der Waals surface area contributed by atoms with E-state index in [4.69, 9.17) is 4.74 Å². The Labute approximate surface area is 109 Å². The molecule has 0 saturated carbocycles. The number of ether oxygens (including phenoxy) is 1. The molecule has 2 fully saturated rings. The van der Waals surface area contributed by atoms with Gasteiger partial charge in [0.1, 0.15) is 6.29 Å². The molecular weight excluding hydrogens is 230 g/mol. The third-order valence-corrected chi connectivity index (χ3v) is 4.30. The molecule has 4 nitrogen and oxygen atoms in total. The zero-order valence-electron chi connectivity index (χ0n) is 11.4. The number of rotatable bonds is 3. The highest BCUT2D eigenvalue weighted by Gasteiger charge is 2.36. The summed E-state index contributed by atoms with van der Waals surface area (Å²) in [6, 6.07) is 0. The minimum Gasteiger partial charge on any atom is -0.390 e. The first-order valence-electron chi connectivity index (χ1n) is 7.04. The van der Waals surface area contributed by atoms with Crippen molar-refractivity contribution in [3.8, 4) is 0 Å². The summed E-state index contributed by atoms with van der Waals surface area (Å²) in [5, 5.41) is 10.1. The lowest BCUT2D eigenvalue weighted by Gasteiger charge is -2.36. The lowest BCUT2D eigenvalue weighted by atomic mass is 9.83. The summed E-state index contributed by atoms with van der Waals surface area (Å²) in [6.45, 7) is 5.89. The molecule has 2 heterocycles. The van der Waals surface area contributed by atoms with Gasteiger partial charge in [0, 0.05) is 19.7 Å². The van der Waals surface area contributed by atoms with E-state index >= 15 is 0 Å². The Morgan fingerprint density at radius 2 is 2.11 bits per heavy atom. The molecule has 0 aliphatic carbocycles. The van der Waals surface area contributed by atoms with E-state index in [0.717, 1.165) is 64.6 Å². The number of carbonyl (C=O) groups is 1. The minimum absolute atomic E-state index is 0.311. The highest BCUT2D eigenvalue weighted by Crippen LogP contribution is 2.29. The van der Waals surface area contributed by atoms with Crippen molar-refractivity contribution < 1.29 is 14.6 Å². The van der Waals surface area contributed by atoms with Gasteiger partial charge in [-0.15, -0.1) is 0 Å². The molecule has 2 aliphatic heterocycles. The van der Waals surface area contributed by atoms with Crippen molar-refractivity contribution in [3.05, 3.63) is 0 Å². The summed E-state index contributed by atoms with van der Waals surface area (Å²) in [7, 11) is 0. The van der Waals surface area contributed by atoms with Crippen LogP contribution in [-0.4, -0.2) is 54.7 Å². The lowest BCUT2D eigenvalue weighted by molar-refractivity contribution is -0.125. The van der Waals surface area contributed by atoms with Gasteiger partial charge in [-0.05, 0) is 45.6 Å². The Balaban J connectivity index is 1.93. The maximum absolute atomic E-state index is 11.4. The third kappa shape index (κ3) is 3.53. The summed E-state index contributed by atoms with van der Waals surface area (Å²) in [4.78, 5) is 13.7. The predicted octanol–water partition coefficient (Wildman–Crippen LogP) is 1.22. The van der Waals surface area contributed by atoms with Crippen LogP contribution in [0, 0.1) is 5.41 Å². The topological polar surface area (TPSA) is 49.8 Å². The van der Waals surface area contributed by atoms with E-state index in [1.54, 1.807) is 0 Å². The normalized spacial score (nSPS) is 39.2. The first-order valence-corrected chi connectivity index (χ1v) is 7.04. The zero-order valence-corrected chi connectivity index (χ0v) is 11.4. The number of aliphatic hydroxyl groups is 1. The molecule has 2 aliphatic rings. The van der Waals surface area contributed by atoms with Crippen molar-refractivity contribution in [2.24, 2.45) is 5.41 Å². The molecule has 18 heavy (non-hydrogen) atoms. The van der Waals surface area contributed by atoms with Gasteiger partial charge in [-0.25, -0.2) is 0 Å². The van der Waals surface area contributed by atoms with Crippen LogP contribution in [-0.2, 0) is 9.53 Å². The molecule has 104 valence electrons. The van der Waals surface area contributed by atoms with Crippen molar-refractivity contribution in [2.45, 2.75) is 44.6 Å². The first kappa shape index (κ1) is 14.0. The maximum Gasteiger partial charge on any atom is 0.129 e. The van der Waals surface area contributed by atoms with Gasteiger partial charge >= 0.3 is 0 Å². The van der Waals surface area contributed by atoms with Gasteiger partial charge in [0.25, 0.3) is 0 Å². The van der Waals surface area contributed by atoms with Crippen LogP contribution in [0.25, 0.3) is 0 Å². The monoisotopic (exact) mass is 255 g/mol. The van der Waals surface area contributed by atoms with Gasteiger partial charge in [0.15, 0.2) is 0 Å². The van der Waals surface area contributed by atoms with Gasteiger partial charge in [0.2, 0.25) is 0 Å². The second kappa shape index (κ2) is 5.68. The molecule has 2 atom stereocenters. The van der Waals surface area contributed by atoms with Crippen LogP contribution in [0.3, 0.4) is 0 Å². The van der Waals surface area contributed by atoms with Gasteiger partial charge in [-0.1, -0.05) is 0 Å². The Bertz CT molecular complexity index is 285. The summed E-state index contributed by atoms with van der Waals surface area (Å²) in [5.41, 5.74) is -0.847. The maximum atomic E-state index is 11.4. The molecule has 0 bridgehead atoms. The van der Waals surface area contributed by atoms with E-state index in [1.807, 2.05) is 6.92 Å². The molecule has 2 saturated heterocycles. The van der Waals surface area contributed by atoms with Gasteiger partial charge in [-0.3, -0.25) is 0 Å². The molecule has 0 spiro atoms. The molecule has 2 rings (SSSR count). The Morgan fingerprint density at radius 1 is 1.28 bits per heavy atom. The Morgan fingerprint density at radius 3 is 2.78 bits per heavy atom. The van der Waals surface area contributed by atoms with E-state index in [0.29, 0.717) is 6.61 Å². The molecule has 0 amide bonds. The van der Waals surface area contributed by atoms with Crippen LogP contribution in [0.5, 0.6) is 0 Å². The average Bonchev–Trinajstić information content (AvgIpc) is 2.52. The summed E-state index contributed by atoms with van der Waals surface area (Å²) >= 11 is 0. The Hall–Kier alpha value is -0.450. The van der Waals surface area contributed by atoms with Crippen molar-refractivity contribution in [3.63, 3.8) is 0 Å². The molecule has 0 aromatic rings. The predicted molar refractivity (Wildman–Crippen MR) is 69.5 cm³/mol. The summed E-state index contributed by atoms with van der Waals surface area (Å²) in [6.07, 6.45) is 5.66. The molecule has 0 radical (unpaired) electrons. The highest BCUT2D eigenvalue weighted by atomic mass is 16.5. The smallest absolute Gasteiger partial charge is 0.129 e. The Kier molecular flexibility index (Phi) is 4.41. The van der Waals surface area contributed by atoms with E-state index in [1.165, 1.54) is 0 Å². The standard InChI is InChI=1S/C14H25NO3/c1-13(17)4-2-7-15(8-6-13)10-14(11-16)5-3-9-18-12-14/h11,17H,2-10,12H2,1H3. The fourth-order valence-corrected chi connectivity index (χ4v) is 3.05. The van der Waals surface area contributed by atoms with Crippen LogP contribution in [0.1, 0.15) is 39.0 Å². The molecule has 1 N–H and O–H groups in total. The van der Waals surface area contributed by atoms with Crippen LogP contribution in [0.15, 0.2) is 0 Å². The van der Waals surface area contributed by atoms with Gasteiger partial charge in [0.05, 0.1) is 17.6 Å². The number of hydrogen-bond donors (Lipinski definition) is 1. The number of hydrogen-bond acceptors (Lipinski definition) is 4. The van der Waals surface area contributed by atoms with E-state index in [2.05, 4.69) is 4.90 Å². The van der Waals surface area contributed by atoms with Crippen LogP contribution in [0.4, 0.5) is 0 Å². The summed E-state index contributed by atoms with van der Waals surface area (Å²) in [5.74, 6) is 0. The second-order valence-electron chi connectivity index (χ2n) is 6.26. The van der Waals surface area contributed by atoms with Crippen molar-refractivity contribution >= 4 is 6.29 Å². The first-order chi connectivity index (χ1) is 8.55. The molecule has 0 aromatic carbocycles. The largest absolute Gasteiger partial charge is 0.390 e. The number of nitrogens with zero attached hydrogens (tertiary/aromatic N) is 1. The van der Waals surface area contributed by atoms with Crippen LogP contribution < -0.4 is 0 Å². The van der Waals surface area contributed by atoms with Crippen molar-refractivity contribution in [1.29, 1.82) is 0 Å². The quantitative estimate of drug-likeness (QED) is 0.770. The summed E-state index contributed by atoms with van der Waals surface area (Å²) < 4.78 is 5.48. The molecular formula is C14H25NO3. The number of aldehydes is 1. The SMILES string of the molecule is CC1(O)CCCN(CC2(C=O)CCCOC2)CC1. The average molecular weight is 255 g/mol. The molecule has 2 unspecified atom stereocenters. The zero-order chi connectivity index (χ0) is 13.1. The van der Waals surface area contributed by atoms with Gasteiger partial charge in [-0.2, -0.15) is 0 Å². The van der Waals surface area contributed by atoms with E-state index in [-0.39, 0.29) is 5.41 Å². The van der Waals surface area contributed by atoms with E-state index < -0.39 is 5.60 Å². The van der Waals surface area contributed by atoms with Crippen LogP contribution >= 0.6 is 0 Å². The van der Waals surface area contributed by atoms with E-state index in [9.17, 15) is 9.90 Å². The van der Waals surface area contributed by atoms with Gasteiger partial charge < -0.3 is 19.5 Å².